The largest absolute Gasteiger partial charge is 0.339 e. The number of amides is 1. The summed E-state index contributed by atoms with van der Waals surface area (Å²) in [6.45, 7) is 3.00. The highest BCUT2D eigenvalue weighted by atomic mass is 32.2. The number of nitrogens with two attached hydrogens (primary N) is 1. The summed E-state index contributed by atoms with van der Waals surface area (Å²) in [4.78, 5) is 13.7. The Balaban J connectivity index is 2.06. The fourth-order valence-corrected chi connectivity index (χ4v) is 3.62. The lowest BCUT2D eigenvalue weighted by Crippen LogP contribution is -2.53. The molecule has 0 saturated carbocycles. The molecule has 0 unspecified atom stereocenters. The minimum atomic E-state index is -3.47. The van der Waals surface area contributed by atoms with Crippen molar-refractivity contribution in [3.63, 3.8) is 0 Å². The molecule has 20 heavy (non-hydrogen) atoms. The van der Waals surface area contributed by atoms with Gasteiger partial charge in [-0.3, -0.25) is 4.79 Å². The van der Waals surface area contributed by atoms with Crippen molar-refractivity contribution in [2.24, 2.45) is 5.73 Å². The van der Waals surface area contributed by atoms with E-state index in [0.717, 1.165) is 0 Å². The van der Waals surface area contributed by atoms with Gasteiger partial charge in [-0.25, -0.2) is 8.42 Å². The van der Waals surface area contributed by atoms with Crippen molar-refractivity contribution >= 4 is 15.9 Å². The maximum absolute atomic E-state index is 12.4. The second kappa shape index (κ2) is 5.90. The van der Waals surface area contributed by atoms with Gasteiger partial charge in [0.1, 0.15) is 0 Å². The van der Waals surface area contributed by atoms with E-state index in [1.54, 1.807) is 42.2 Å². The fourth-order valence-electron chi connectivity index (χ4n) is 2.18. The molecule has 1 aliphatic heterocycles. The first-order valence-corrected chi connectivity index (χ1v) is 7.96. The number of carbonyl (C=O) groups is 1. The summed E-state index contributed by atoms with van der Waals surface area (Å²) in [6, 6.07) is 7.78. The summed E-state index contributed by atoms with van der Waals surface area (Å²) in [5, 5.41) is 0. The fraction of sp³-hybridized carbons (Fsp3) is 0.462. The van der Waals surface area contributed by atoms with E-state index in [9.17, 15) is 13.2 Å². The van der Waals surface area contributed by atoms with Crippen LogP contribution in [-0.2, 0) is 14.8 Å². The molecule has 2 rings (SSSR count). The van der Waals surface area contributed by atoms with E-state index in [0.29, 0.717) is 26.2 Å². The Hall–Kier alpha value is -1.44. The number of piperazine rings is 1. The first kappa shape index (κ1) is 15.0. The van der Waals surface area contributed by atoms with Crippen LogP contribution in [0.2, 0.25) is 0 Å². The van der Waals surface area contributed by atoms with Crippen molar-refractivity contribution in [2.45, 2.75) is 17.9 Å². The highest BCUT2D eigenvalue weighted by molar-refractivity contribution is 7.89. The highest BCUT2D eigenvalue weighted by Gasteiger charge is 2.30. The summed E-state index contributed by atoms with van der Waals surface area (Å²) in [6.07, 6.45) is 0. The van der Waals surface area contributed by atoms with Crippen LogP contribution in [0.4, 0.5) is 0 Å². The molecule has 0 radical (unpaired) electrons. The number of benzene rings is 1. The van der Waals surface area contributed by atoms with Crippen molar-refractivity contribution in [3.8, 4) is 0 Å². The van der Waals surface area contributed by atoms with Gasteiger partial charge in [0.05, 0.1) is 10.9 Å². The van der Waals surface area contributed by atoms with Gasteiger partial charge in [0.2, 0.25) is 15.9 Å². The van der Waals surface area contributed by atoms with Gasteiger partial charge < -0.3 is 10.6 Å². The van der Waals surface area contributed by atoms with Crippen LogP contribution < -0.4 is 5.73 Å². The van der Waals surface area contributed by atoms with Crippen LogP contribution in [0.25, 0.3) is 0 Å². The van der Waals surface area contributed by atoms with Gasteiger partial charge in [-0.2, -0.15) is 4.31 Å². The van der Waals surface area contributed by atoms with E-state index in [-0.39, 0.29) is 10.8 Å². The van der Waals surface area contributed by atoms with E-state index in [1.165, 1.54) is 4.31 Å². The Labute approximate surface area is 119 Å². The van der Waals surface area contributed by atoms with E-state index < -0.39 is 16.1 Å². The summed E-state index contributed by atoms with van der Waals surface area (Å²) in [5.41, 5.74) is 5.56. The maximum atomic E-state index is 12.4. The topological polar surface area (TPSA) is 83.7 Å². The molecule has 0 aromatic heterocycles. The number of rotatable bonds is 3. The van der Waals surface area contributed by atoms with Crippen LogP contribution >= 0.6 is 0 Å². The molecule has 0 bridgehead atoms. The third-order valence-corrected chi connectivity index (χ3v) is 5.23. The summed E-state index contributed by atoms with van der Waals surface area (Å²) in [5.74, 6) is -0.137. The Morgan fingerprint density at radius 1 is 1.15 bits per heavy atom. The zero-order valence-corrected chi connectivity index (χ0v) is 12.2. The standard InChI is InChI=1S/C13H19N3O3S/c1-11(14)13(17)15-7-9-16(10-8-15)20(18,19)12-5-3-2-4-6-12/h2-6,11H,7-10,14H2,1H3/t11-/m1/s1. The van der Waals surface area contributed by atoms with Gasteiger partial charge in [-0.1, -0.05) is 18.2 Å². The maximum Gasteiger partial charge on any atom is 0.243 e. The third kappa shape index (κ3) is 3.00. The van der Waals surface area contributed by atoms with Crippen LogP contribution in [0, 0.1) is 0 Å². The Bertz CT molecular complexity index is 564. The lowest BCUT2D eigenvalue weighted by molar-refractivity contribution is -0.133. The van der Waals surface area contributed by atoms with Crippen molar-refractivity contribution in [1.29, 1.82) is 0 Å². The molecule has 7 heteroatoms. The minimum absolute atomic E-state index is 0.137. The smallest absolute Gasteiger partial charge is 0.243 e. The van der Waals surface area contributed by atoms with Crippen LogP contribution in [0.5, 0.6) is 0 Å². The number of sulfonamides is 1. The first-order chi connectivity index (χ1) is 9.43. The van der Waals surface area contributed by atoms with Gasteiger partial charge in [-0.15, -0.1) is 0 Å². The van der Waals surface area contributed by atoms with E-state index in [4.69, 9.17) is 5.73 Å². The minimum Gasteiger partial charge on any atom is -0.339 e. The molecule has 1 atom stereocenters. The molecule has 1 heterocycles. The molecule has 1 aromatic carbocycles. The Morgan fingerprint density at radius 3 is 2.20 bits per heavy atom. The Kier molecular flexibility index (Phi) is 4.42. The second-order valence-electron chi connectivity index (χ2n) is 4.83. The number of nitrogens with zero attached hydrogens (tertiary/aromatic N) is 2. The molecule has 2 N–H and O–H groups in total. The summed E-state index contributed by atoms with van der Waals surface area (Å²) in [7, 11) is -3.47. The average Bonchev–Trinajstić information content (AvgIpc) is 2.47. The van der Waals surface area contributed by atoms with E-state index in [2.05, 4.69) is 0 Å². The number of hydrogen-bond acceptors (Lipinski definition) is 4. The lowest BCUT2D eigenvalue weighted by atomic mass is 10.2. The van der Waals surface area contributed by atoms with Gasteiger partial charge in [0.15, 0.2) is 0 Å². The molecule has 0 spiro atoms. The van der Waals surface area contributed by atoms with Crippen molar-refractivity contribution < 1.29 is 13.2 Å². The molecule has 6 nitrogen and oxygen atoms in total. The highest BCUT2D eigenvalue weighted by Crippen LogP contribution is 2.17. The molecule has 1 aromatic rings. The first-order valence-electron chi connectivity index (χ1n) is 6.52. The zero-order valence-electron chi connectivity index (χ0n) is 11.4. The molecule has 1 saturated heterocycles. The predicted octanol–water partition coefficient (Wildman–Crippen LogP) is -0.133. The SMILES string of the molecule is C[C@@H](N)C(=O)N1CCN(S(=O)(=O)c2ccccc2)CC1. The molecule has 0 aliphatic carbocycles. The van der Waals surface area contributed by atoms with E-state index in [1.807, 2.05) is 0 Å². The molecule has 110 valence electrons. The van der Waals surface area contributed by atoms with Gasteiger partial charge in [-0.05, 0) is 19.1 Å². The van der Waals surface area contributed by atoms with Crippen molar-refractivity contribution in [1.82, 2.24) is 9.21 Å². The lowest BCUT2D eigenvalue weighted by Gasteiger charge is -2.34. The van der Waals surface area contributed by atoms with E-state index >= 15 is 0 Å². The third-order valence-electron chi connectivity index (χ3n) is 3.32. The quantitative estimate of drug-likeness (QED) is 0.842. The van der Waals surface area contributed by atoms with Crippen LogP contribution in [0.3, 0.4) is 0 Å². The monoisotopic (exact) mass is 297 g/mol. The van der Waals surface area contributed by atoms with Gasteiger partial charge in [0, 0.05) is 26.2 Å². The predicted molar refractivity (Wildman–Crippen MR) is 75.4 cm³/mol. The Morgan fingerprint density at radius 2 is 1.70 bits per heavy atom. The van der Waals surface area contributed by atoms with Crippen LogP contribution in [0.1, 0.15) is 6.92 Å². The summed E-state index contributed by atoms with van der Waals surface area (Å²) >= 11 is 0. The van der Waals surface area contributed by atoms with Crippen LogP contribution in [-0.4, -0.2) is 55.8 Å². The van der Waals surface area contributed by atoms with Crippen molar-refractivity contribution in [2.75, 3.05) is 26.2 Å². The summed E-state index contributed by atoms with van der Waals surface area (Å²) < 4.78 is 26.2. The molecule has 1 aliphatic rings. The number of hydrogen-bond donors (Lipinski definition) is 1. The number of carbonyl (C=O) groups excluding carboxylic acids is 1. The molecule has 1 fully saturated rings. The van der Waals surface area contributed by atoms with Gasteiger partial charge in [0.25, 0.3) is 0 Å². The molecule has 1 amide bonds. The van der Waals surface area contributed by atoms with Crippen molar-refractivity contribution in [3.05, 3.63) is 30.3 Å². The molecular weight excluding hydrogens is 278 g/mol. The van der Waals surface area contributed by atoms with Crippen LogP contribution in [0.15, 0.2) is 35.2 Å². The zero-order chi connectivity index (χ0) is 14.8. The average molecular weight is 297 g/mol. The normalized spacial score (nSPS) is 18.8. The second-order valence-corrected chi connectivity index (χ2v) is 6.77. The molecular formula is C13H19N3O3S. The van der Waals surface area contributed by atoms with Gasteiger partial charge >= 0.3 is 0 Å².